The molecule has 1 aromatic carbocycles. The summed E-state index contributed by atoms with van der Waals surface area (Å²) >= 11 is 6.21. The van der Waals surface area contributed by atoms with Gasteiger partial charge in [-0.05, 0) is 44.4 Å². The van der Waals surface area contributed by atoms with E-state index in [1.54, 1.807) is 0 Å². The predicted octanol–water partition coefficient (Wildman–Crippen LogP) is 3.42. The maximum Gasteiger partial charge on any atom is 0.0648 e. The van der Waals surface area contributed by atoms with Crippen molar-refractivity contribution in [1.82, 2.24) is 10.3 Å². The summed E-state index contributed by atoms with van der Waals surface area (Å²) in [4.78, 5) is 3.41. The molecule has 1 saturated heterocycles. The van der Waals surface area contributed by atoms with E-state index in [-0.39, 0.29) is 0 Å². The monoisotopic (exact) mass is 248 g/mol. The Hall–Kier alpha value is -0.990. The Kier molecular flexibility index (Phi) is 2.85. The Bertz CT molecular complexity index is 538. The molecule has 1 aliphatic rings. The number of H-pyrrole nitrogens is 1. The Morgan fingerprint density at radius 3 is 3.06 bits per heavy atom. The van der Waals surface area contributed by atoms with E-state index in [2.05, 4.69) is 23.3 Å². The molecule has 17 heavy (non-hydrogen) atoms. The smallest absolute Gasteiger partial charge is 0.0648 e. The number of hydrogen-bond donors (Lipinski definition) is 2. The van der Waals surface area contributed by atoms with Crippen LogP contribution in [-0.2, 0) is 6.42 Å². The Morgan fingerprint density at radius 1 is 1.41 bits per heavy atom. The van der Waals surface area contributed by atoms with E-state index in [9.17, 15) is 0 Å². The van der Waals surface area contributed by atoms with Gasteiger partial charge in [0.25, 0.3) is 0 Å². The molecule has 2 aromatic rings. The van der Waals surface area contributed by atoms with Crippen molar-refractivity contribution in [3.05, 3.63) is 34.5 Å². The highest BCUT2D eigenvalue weighted by molar-refractivity contribution is 6.35. The number of aromatic nitrogens is 1. The van der Waals surface area contributed by atoms with Crippen LogP contribution in [0.3, 0.4) is 0 Å². The second-order valence-electron chi connectivity index (χ2n) is 4.89. The first-order valence-electron chi connectivity index (χ1n) is 6.25. The van der Waals surface area contributed by atoms with Crippen LogP contribution in [0, 0.1) is 6.92 Å². The minimum atomic E-state index is 0.631. The van der Waals surface area contributed by atoms with Gasteiger partial charge in [0.2, 0.25) is 0 Å². The van der Waals surface area contributed by atoms with E-state index in [4.69, 9.17) is 11.6 Å². The zero-order chi connectivity index (χ0) is 11.8. The number of hydrogen-bond acceptors (Lipinski definition) is 1. The number of fused-ring (bicyclic) bond motifs is 1. The van der Waals surface area contributed by atoms with E-state index in [0.717, 1.165) is 23.5 Å². The van der Waals surface area contributed by atoms with Gasteiger partial charge in [-0.1, -0.05) is 23.7 Å². The molecule has 0 amide bonds. The molecule has 0 bridgehead atoms. The molecule has 2 N–H and O–H groups in total. The highest BCUT2D eigenvalue weighted by Gasteiger charge is 2.18. The number of aryl methyl sites for hydroxylation is 1. The van der Waals surface area contributed by atoms with Crippen molar-refractivity contribution in [2.24, 2.45) is 0 Å². The van der Waals surface area contributed by atoms with Gasteiger partial charge in [-0.3, -0.25) is 0 Å². The van der Waals surface area contributed by atoms with Crippen molar-refractivity contribution < 1.29 is 0 Å². The van der Waals surface area contributed by atoms with Crippen molar-refractivity contribution in [2.75, 3.05) is 6.54 Å². The minimum Gasteiger partial charge on any atom is -0.357 e. The molecule has 1 fully saturated rings. The van der Waals surface area contributed by atoms with Gasteiger partial charge in [-0.2, -0.15) is 0 Å². The molecule has 0 saturated carbocycles. The van der Waals surface area contributed by atoms with Crippen molar-refractivity contribution >= 4 is 22.5 Å². The summed E-state index contributed by atoms with van der Waals surface area (Å²) in [6.07, 6.45) is 3.69. The fourth-order valence-corrected chi connectivity index (χ4v) is 3.03. The number of nitrogens with one attached hydrogen (secondary N) is 2. The van der Waals surface area contributed by atoms with Crippen molar-refractivity contribution in [3.63, 3.8) is 0 Å². The molecule has 1 atom stereocenters. The van der Waals surface area contributed by atoms with Crippen LogP contribution in [0.15, 0.2) is 18.2 Å². The number of benzene rings is 1. The molecule has 0 aliphatic carbocycles. The molecule has 1 unspecified atom stereocenters. The number of halogens is 1. The zero-order valence-corrected chi connectivity index (χ0v) is 10.8. The molecule has 2 nitrogen and oxygen atoms in total. The lowest BCUT2D eigenvalue weighted by molar-refractivity contribution is 0.603. The molecule has 3 heteroatoms. The summed E-state index contributed by atoms with van der Waals surface area (Å²) in [7, 11) is 0. The largest absolute Gasteiger partial charge is 0.357 e. The molecule has 1 aromatic heterocycles. The third kappa shape index (κ3) is 1.96. The van der Waals surface area contributed by atoms with Gasteiger partial charge in [0.1, 0.15) is 0 Å². The van der Waals surface area contributed by atoms with Crippen LogP contribution in [0.5, 0.6) is 0 Å². The first-order valence-corrected chi connectivity index (χ1v) is 6.62. The average Bonchev–Trinajstić information content (AvgIpc) is 2.91. The lowest BCUT2D eigenvalue weighted by Crippen LogP contribution is -2.23. The third-order valence-electron chi connectivity index (χ3n) is 3.72. The second-order valence-corrected chi connectivity index (χ2v) is 5.30. The fourth-order valence-electron chi connectivity index (χ4n) is 2.81. The summed E-state index contributed by atoms with van der Waals surface area (Å²) in [6.45, 7) is 3.30. The Morgan fingerprint density at radius 2 is 2.29 bits per heavy atom. The van der Waals surface area contributed by atoms with Gasteiger partial charge < -0.3 is 10.3 Å². The van der Waals surface area contributed by atoms with Gasteiger partial charge in [-0.25, -0.2) is 0 Å². The number of rotatable bonds is 2. The topological polar surface area (TPSA) is 27.8 Å². The predicted molar refractivity (Wildman–Crippen MR) is 72.8 cm³/mol. The van der Waals surface area contributed by atoms with E-state index in [1.807, 2.05) is 12.1 Å². The molecule has 1 aliphatic heterocycles. The Labute approximate surface area is 106 Å². The van der Waals surface area contributed by atoms with Gasteiger partial charge in [0.15, 0.2) is 0 Å². The van der Waals surface area contributed by atoms with Gasteiger partial charge in [-0.15, -0.1) is 0 Å². The van der Waals surface area contributed by atoms with Crippen LogP contribution in [0.4, 0.5) is 0 Å². The second kappa shape index (κ2) is 4.35. The highest BCUT2D eigenvalue weighted by atomic mass is 35.5. The fraction of sp³-hybridized carbons (Fsp3) is 0.429. The molecule has 90 valence electrons. The van der Waals surface area contributed by atoms with Gasteiger partial charge >= 0.3 is 0 Å². The van der Waals surface area contributed by atoms with Gasteiger partial charge in [0, 0.05) is 17.1 Å². The molecule has 2 heterocycles. The SMILES string of the molecule is Cc1[nH]c2c(Cl)cccc2c1CC1CCCN1. The van der Waals surface area contributed by atoms with Crippen LogP contribution in [0.2, 0.25) is 5.02 Å². The van der Waals surface area contributed by atoms with Crippen LogP contribution < -0.4 is 5.32 Å². The summed E-state index contributed by atoms with van der Waals surface area (Å²) in [6, 6.07) is 6.77. The number of para-hydroxylation sites is 1. The van der Waals surface area contributed by atoms with Gasteiger partial charge in [0.05, 0.1) is 10.5 Å². The lowest BCUT2D eigenvalue weighted by atomic mass is 10.0. The first kappa shape index (κ1) is 11.1. The molecule has 0 spiro atoms. The van der Waals surface area contributed by atoms with E-state index >= 15 is 0 Å². The van der Waals surface area contributed by atoms with E-state index < -0.39 is 0 Å². The molecule has 3 rings (SSSR count). The Balaban J connectivity index is 2.02. The minimum absolute atomic E-state index is 0.631. The highest BCUT2D eigenvalue weighted by Crippen LogP contribution is 2.29. The molecular formula is C14H17ClN2. The number of aromatic amines is 1. The van der Waals surface area contributed by atoms with Crippen LogP contribution in [0.1, 0.15) is 24.1 Å². The maximum absolute atomic E-state index is 6.21. The first-order chi connectivity index (χ1) is 8.25. The lowest BCUT2D eigenvalue weighted by Gasteiger charge is -2.10. The summed E-state index contributed by atoms with van der Waals surface area (Å²) < 4.78 is 0. The van der Waals surface area contributed by atoms with Crippen molar-refractivity contribution in [2.45, 2.75) is 32.2 Å². The summed E-state index contributed by atoms with van der Waals surface area (Å²) in [5.41, 5.74) is 3.75. The normalized spacial score (nSPS) is 20.2. The molecular weight excluding hydrogens is 232 g/mol. The zero-order valence-electron chi connectivity index (χ0n) is 10.0. The standard InChI is InChI=1S/C14H17ClN2/c1-9-12(8-10-4-3-7-16-10)11-5-2-6-13(15)14(11)17-9/h2,5-6,10,16-17H,3-4,7-8H2,1H3. The van der Waals surface area contributed by atoms with E-state index in [0.29, 0.717) is 6.04 Å². The summed E-state index contributed by atoms with van der Waals surface area (Å²) in [5, 5.41) is 5.65. The third-order valence-corrected chi connectivity index (χ3v) is 4.03. The average molecular weight is 249 g/mol. The summed E-state index contributed by atoms with van der Waals surface area (Å²) in [5.74, 6) is 0. The van der Waals surface area contributed by atoms with Crippen LogP contribution >= 0.6 is 11.6 Å². The van der Waals surface area contributed by atoms with E-state index in [1.165, 1.54) is 29.5 Å². The van der Waals surface area contributed by atoms with Crippen LogP contribution in [-0.4, -0.2) is 17.6 Å². The van der Waals surface area contributed by atoms with Crippen LogP contribution in [0.25, 0.3) is 10.9 Å². The van der Waals surface area contributed by atoms with Crippen molar-refractivity contribution in [1.29, 1.82) is 0 Å². The quantitative estimate of drug-likeness (QED) is 0.838. The van der Waals surface area contributed by atoms with Crippen molar-refractivity contribution in [3.8, 4) is 0 Å². The maximum atomic E-state index is 6.21. The molecule has 0 radical (unpaired) electrons.